The number of aliphatic hydroxyl groups excluding tert-OH is 1. The van der Waals surface area contributed by atoms with E-state index in [1.807, 2.05) is 0 Å². The minimum Gasteiger partial charge on any atom is -0.395 e. The van der Waals surface area contributed by atoms with Gasteiger partial charge in [0.25, 0.3) is 0 Å². The molecule has 0 aromatic heterocycles. The molecule has 18 heavy (non-hydrogen) atoms. The van der Waals surface area contributed by atoms with Crippen molar-refractivity contribution >= 4 is 0 Å². The molecule has 0 aliphatic carbocycles. The van der Waals surface area contributed by atoms with Gasteiger partial charge in [-0.2, -0.15) is 0 Å². The summed E-state index contributed by atoms with van der Waals surface area (Å²) in [5, 5.41) is 12.7. The van der Waals surface area contributed by atoms with E-state index in [1.165, 1.54) is 19.3 Å². The normalized spacial score (nSPS) is 15.0. The zero-order chi connectivity index (χ0) is 13.9. The Balaban J connectivity index is 4.33. The van der Waals surface area contributed by atoms with Crippen molar-refractivity contribution in [3.63, 3.8) is 0 Å². The number of hydrogen-bond acceptors (Lipinski definition) is 3. The first kappa shape index (κ1) is 17.9. The summed E-state index contributed by atoms with van der Waals surface area (Å²) in [5.74, 6) is 0. The third-order valence-corrected chi connectivity index (χ3v) is 3.39. The second-order valence-corrected chi connectivity index (χ2v) is 5.74. The molecule has 0 rings (SSSR count). The lowest BCUT2D eigenvalue weighted by Crippen LogP contribution is -2.43. The number of nitrogens with zero attached hydrogens (tertiary/aromatic N) is 1. The Hall–Kier alpha value is -0.120. The molecule has 0 fully saturated rings. The van der Waals surface area contributed by atoms with Crippen LogP contribution in [-0.4, -0.2) is 49.3 Å². The van der Waals surface area contributed by atoms with Crippen LogP contribution < -0.4 is 5.32 Å². The molecule has 110 valence electrons. The molecule has 1 unspecified atom stereocenters. The highest BCUT2D eigenvalue weighted by Crippen LogP contribution is 2.24. The lowest BCUT2D eigenvalue weighted by atomic mass is 9.84. The summed E-state index contributed by atoms with van der Waals surface area (Å²) < 4.78 is 0. The summed E-state index contributed by atoms with van der Waals surface area (Å²) >= 11 is 0. The Morgan fingerprint density at radius 1 is 1.06 bits per heavy atom. The van der Waals surface area contributed by atoms with Crippen molar-refractivity contribution in [1.82, 2.24) is 10.2 Å². The molecule has 0 saturated heterocycles. The van der Waals surface area contributed by atoms with Gasteiger partial charge in [-0.25, -0.2) is 0 Å². The van der Waals surface area contributed by atoms with Crippen molar-refractivity contribution in [1.29, 1.82) is 0 Å². The van der Waals surface area contributed by atoms with Crippen molar-refractivity contribution in [2.45, 2.75) is 53.4 Å². The second kappa shape index (κ2) is 10.8. The lowest BCUT2D eigenvalue weighted by molar-refractivity contribution is 0.125. The molecule has 2 N–H and O–H groups in total. The van der Waals surface area contributed by atoms with Gasteiger partial charge in [0.05, 0.1) is 6.61 Å². The molecule has 0 spiro atoms. The maximum atomic E-state index is 9.15. The van der Waals surface area contributed by atoms with Crippen LogP contribution in [0.2, 0.25) is 0 Å². The Kier molecular flexibility index (Phi) is 10.7. The van der Waals surface area contributed by atoms with Crippen LogP contribution in [0.15, 0.2) is 0 Å². The van der Waals surface area contributed by atoms with Crippen LogP contribution >= 0.6 is 0 Å². The van der Waals surface area contributed by atoms with E-state index in [4.69, 9.17) is 5.11 Å². The minimum absolute atomic E-state index is 0.268. The number of aliphatic hydroxyl groups is 1. The van der Waals surface area contributed by atoms with Crippen LogP contribution in [0, 0.1) is 5.41 Å². The van der Waals surface area contributed by atoms with E-state index in [-0.39, 0.29) is 6.61 Å². The third kappa shape index (κ3) is 8.06. The van der Waals surface area contributed by atoms with E-state index >= 15 is 0 Å². The van der Waals surface area contributed by atoms with Gasteiger partial charge >= 0.3 is 0 Å². The lowest BCUT2D eigenvalue weighted by Gasteiger charge is -2.35. The van der Waals surface area contributed by atoms with E-state index < -0.39 is 0 Å². The summed E-state index contributed by atoms with van der Waals surface area (Å²) in [6.45, 7) is 14.5. The van der Waals surface area contributed by atoms with Crippen LogP contribution in [0.25, 0.3) is 0 Å². The number of hydrogen-bond donors (Lipinski definition) is 2. The highest BCUT2D eigenvalue weighted by molar-refractivity contribution is 4.80. The van der Waals surface area contributed by atoms with Crippen molar-refractivity contribution in [2.75, 3.05) is 39.3 Å². The average molecular weight is 258 g/mol. The molecular formula is C15H34N2O. The topological polar surface area (TPSA) is 35.5 Å². The van der Waals surface area contributed by atoms with E-state index in [1.54, 1.807) is 0 Å². The largest absolute Gasteiger partial charge is 0.395 e. The molecule has 0 heterocycles. The molecule has 0 aromatic carbocycles. The monoisotopic (exact) mass is 258 g/mol. The van der Waals surface area contributed by atoms with Crippen LogP contribution in [0.1, 0.15) is 53.4 Å². The number of rotatable bonds is 12. The fourth-order valence-electron chi connectivity index (χ4n) is 2.66. The summed E-state index contributed by atoms with van der Waals surface area (Å²) in [4.78, 5) is 2.41. The molecule has 0 radical (unpaired) electrons. The van der Waals surface area contributed by atoms with Gasteiger partial charge in [0.1, 0.15) is 0 Å². The number of nitrogens with one attached hydrogen (secondary N) is 1. The van der Waals surface area contributed by atoms with Gasteiger partial charge in [0.15, 0.2) is 0 Å². The quantitative estimate of drug-likeness (QED) is 0.528. The Morgan fingerprint density at radius 3 is 2.28 bits per heavy atom. The Morgan fingerprint density at radius 2 is 1.78 bits per heavy atom. The molecule has 3 heteroatoms. The average Bonchev–Trinajstić information content (AvgIpc) is 2.30. The van der Waals surface area contributed by atoms with Crippen LogP contribution in [0.5, 0.6) is 0 Å². The predicted molar refractivity (Wildman–Crippen MR) is 80.0 cm³/mol. The smallest absolute Gasteiger partial charge is 0.0558 e. The van der Waals surface area contributed by atoms with Crippen molar-refractivity contribution in [2.24, 2.45) is 5.41 Å². The van der Waals surface area contributed by atoms with Gasteiger partial charge in [0.2, 0.25) is 0 Å². The van der Waals surface area contributed by atoms with Gasteiger partial charge in [-0.3, -0.25) is 0 Å². The zero-order valence-corrected chi connectivity index (χ0v) is 13.0. The highest BCUT2D eigenvalue weighted by atomic mass is 16.3. The van der Waals surface area contributed by atoms with Crippen molar-refractivity contribution < 1.29 is 5.11 Å². The molecule has 1 atom stereocenters. The third-order valence-electron chi connectivity index (χ3n) is 3.39. The van der Waals surface area contributed by atoms with Gasteiger partial charge in [-0.1, -0.05) is 34.1 Å². The van der Waals surface area contributed by atoms with E-state index in [0.717, 1.165) is 39.1 Å². The van der Waals surface area contributed by atoms with Crippen LogP contribution in [-0.2, 0) is 0 Å². The summed E-state index contributed by atoms with van der Waals surface area (Å²) in [5.41, 5.74) is 0.328. The molecule has 3 nitrogen and oxygen atoms in total. The predicted octanol–water partition coefficient (Wildman–Crippen LogP) is 2.50. The minimum atomic E-state index is 0.268. The first-order chi connectivity index (χ1) is 8.61. The van der Waals surface area contributed by atoms with Crippen LogP contribution in [0.4, 0.5) is 0 Å². The van der Waals surface area contributed by atoms with E-state index in [0.29, 0.717) is 5.41 Å². The zero-order valence-electron chi connectivity index (χ0n) is 13.0. The van der Waals surface area contributed by atoms with Gasteiger partial charge in [0, 0.05) is 19.6 Å². The van der Waals surface area contributed by atoms with Gasteiger partial charge < -0.3 is 15.3 Å². The standard InChI is InChI=1S/C15H34N2O/c1-5-8-15(4,13-16-9-6-2)14-17(10-7-3)11-12-18/h16,18H,5-14H2,1-4H3. The maximum Gasteiger partial charge on any atom is 0.0558 e. The summed E-state index contributed by atoms with van der Waals surface area (Å²) in [7, 11) is 0. The molecule has 0 saturated carbocycles. The molecule has 0 amide bonds. The Labute approximate surface area is 114 Å². The molecule has 0 bridgehead atoms. The van der Waals surface area contributed by atoms with Crippen molar-refractivity contribution in [3.8, 4) is 0 Å². The fourth-order valence-corrected chi connectivity index (χ4v) is 2.66. The van der Waals surface area contributed by atoms with E-state index in [2.05, 4.69) is 37.9 Å². The first-order valence-electron chi connectivity index (χ1n) is 7.65. The molecular weight excluding hydrogens is 224 g/mol. The van der Waals surface area contributed by atoms with Gasteiger partial charge in [-0.15, -0.1) is 0 Å². The van der Waals surface area contributed by atoms with Gasteiger partial charge in [-0.05, 0) is 37.8 Å². The SMILES string of the molecule is CCCNCC(C)(CCC)CN(CCC)CCO. The maximum absolute atomic E-state index is 9.15. The Bertz CT molecular complexity index is 181. The van der Waals surface area contributed by atoms with Crippen molar-refractivity contribution in [3.05, 3.63) is 0 Å². The molecule has 0 aliphatic heterocycles. The van der Waals surface area contributed by atoms with Crippen LogP contribution in [0.3, 0.4) is 0 Å². The second-order valence-electron chi connectivity index (χ2n) is 5.74. The summed E-state index contributed by atoms with van der Waals surface area (Å²) in [6.07, 6.45) is 4.82. The van der Waals surface area contributed by atoms with E-state index in [9.17, 15) is 0 Å². The fraction of sp³-hybridized carbons (Fsp3) is 1.00. The molecule has 0 aliphatic rings. The molecule has 0 aromatic rings. The first-order valence-corrected chi connectivity index (χ1v) is 7.65. The summed E-state index contributed by atoms with van der Waals surface area (Å²) in [6, 6.07) is 0. The highest BCUT2D eigenvalue weighted by Gasteiger charge is 2.25.